The van der Waals surface area contributed by atoms with E-state index in [1.165, 1.54) is 6.92 Å². The zero-order chi connectivity index (χ0) is 21.6. The van der Waals surface area contributed by atoms with E-state index in [-0.39, 0.29) is 29.8 Å². The lowest BCUT2D eigenvalue weighted by atomic mass is 10.0. The first-order valence-corrected chi connectivity index (χ1v) is 9.91. The molecule has 0 fully saturated rings. The van der Waals surface area contributed by atoms with Crippen LogP contribution in [0, 0.1) is 32.1 Å². The van der Waals surface area contributed by atoms with Gasteiger partial charge in [-0.1, -0.05) is 32.3 Å². The molecule has 0 unspecified atom stereocenters. The first-order valence-electron chi connectivity index (χ1n) is 9.91. The van der Waals surface area contributed by atoms with Crippen LogP contribution in [-0.2, 0) is 6.54 Å². The number of hydrogen-bond donors (Lipinski definition) is 1. The number of aryl methyl sites for hydroxylation is 2. The summed E-state index contributed by atoms with van der Waals surface area (Å²) >= 11 is 0. The van der Waals surface area contributed by atoms with Crippen molar-refractivity contribution in [3.05, 3.63) is 56.4 Å². The molecule has 1 heterocycles. The lowest BCUT2D eigenvalue weighted by Gasteiger charge is -2.16. The normalized spacial score (nSPS) is 10.6. The van der Waals surface area contributed by atoms with Gasteiger partial charge in [0.15, 0.2) is 6.61 Å². The van der Waals surface area contributed by atoms with Crippen molar-refractivity contribution in [3.63, 3.8) is 0 Å². The Labute approximate surface area is 171 Å². The van der Waals surface area contributed by atoms with Crippen LogP contribution < -0.4 is 10.3 Å². The molecule has 0 aliphatic carbocycles. The summed E-state index contributed by atoms with van der Waals surface area (Å²) in [7, 11) is 0. The van der Waals surface area contributed by atoms with Gasteiger partial charge in [0.1, 0.15) is 17.4 Å². The number of benzene rings is 1. The highest BCUT2D eigenvalue weighted by atomic mass is 16.5. The average molecular weight is 396 g/mol. The number of unbranched alkanes of at least 4 members (excludes halogenated alkanes) is 3. The van der Waals surface area contributed by atoms with Crippen molar-refractivity contribution in [2.24, 2.45) is 0 Å². The van der Waals surface area contributed by atoms with E-state index < -0.39 is 17.2 Å². The van der Waals surface area contributed by atoms with Crippen LogP contribution in [0.25, 0.3) is 0 Å². The third kappa shape index (κ3) is 5.05. The van der Waals surface area contributed by atoms with E-state index in [2.05, 4.69) is 6.92 Å². The van der Waals surface area contributed by atoms with Crippen LogP contribution in [0.4, 0.5) is 0 Å². The summed E-state index contributed by atoms with van der Waals surface area (Å²) in [5.74, 6) is -0.319. The third-order valence-corrected chi connectivity index (χ3v) is 5.16. The van der Waals surface area contributed by atoms with Gasteiger partial charge in [-0.05, 0) is 56.0 Å². The molecule has 0 aliphatic rings. The van der Waals surface area contributed by atoms with Crippen LogP contribution in [0.2, 0.25) is 0 Å². The predicted octanol–water partition coefficient (Wildman–Crippen LogP) is 4.19. The molecular formula is C23H28N2O4. The summed E-state index contributed by atoms with van der Waals surface area (Å²) in [5, 5.41) is 20.1. The molecule has 6 heteroatoms. The molecule has 6 nitrogen and oxygen atoms in total. The minimum atomic E-state index is -0.564. The number of Topliss-reactive ketones (excluding diaryl/α,β-unsaturated/α-hetero) is 1. The molecule has 1 aromatic heterocycles. The van der Waals surface area contributed by atoms with Crippen LogP contribution in [-0.4, -0.2) is 22.1 Å². The second-order valence-corrected chi connectivity index (χ2v) is 7.29. The fraction of sp³-hybridized carbons (Fsp3) is 0.435. The fourth-order valence-electron chi connectivity index (χ4n) is 3.21. The molecule has 0 saturated heterocycles. The Hall–Kier alpha value is -3.07. The maximum absolute atomic E-state index is 12.8. The molecule has 1 aromatic carbocycles. The van der Waals surface area contributed by atoms with Gasteiger partial charge < -0.3 is 9.84 Å². The van der Waals surface area contributed by atoms with Crippen LogP contribution >= 0.6 is 0 Å². The maximum Gasteiger partial charge on any atom is 0.271 e. The quantitative estimate of drug-likeness (QED) is 0.507. The zero-order valence-corrected chi connectivity index (χ0v) is 17.5. The zero-order valence-electron chi connectivity index (χ0n) is 17.5. The van der Waals surface area contributed by atoms with E-state index in [0.29, 0.717) is 12.2 Å². The van der Waals surface area contributed by atoms with Crippen LogP contribution in [0.15, 0.2) is 23.0 Å². The number of hydrogen-bond acceptors (Lipinski definition) is 5. The van der Waals surface area contributed by atoms with Crippen molar-refractivity contribution in [2.45, 2.75) is 59.9 Å². The van der Waals surface area contributed by atoms with Gasteiger partial charge in [-0.15, -0.1) is 0 Å². The fourth-order valence-corrected chi connectivity index (χ4v) is 3.21. The Balaban J connectivity index is 2.32. The monoisotopic (exact) mass is 396 g/mol. The molecule has 0 aliphatic heterocycles. The van der Waals surface area contributed by atoms with E-state index in [9.17, 15) is 20.0 Å². The van der Waals surface area contributed by atoms with Gasteiger partial charge >= 0.3 is 0 Å². The second-order valence-electron chi connectivity index (χ2n) is 7.29. The Morgan fingerprint density at radius 1 is 1.17 bits per heavy atom. The minimum Gasteiger partial charge on any atom is -0.494 e. The number of ketones is 1. The van der Waals surface area contributed by atoms with Gasteiger partial charge in [0.25, 0.3) is 5.56 Å². The molecule has 0 spiro atoms. The van der Waals surface area contributed by atoms with E-state index in [1.54, 1.807) is 6.07 Å². The van der Waals surface area contributed by atoms with Gasteiger partial charge in [0.2, 0.25) is 11.7 Å². The second kappa shape index (κ2) is 9.92. The number of aromatic hydroxyl groups is 1. The molecule has 154 valence electrons. The van der Waals surface area contributed by atoms with Crippen LogP contribution in [0.5, 0.6) is 11.6 Å². The van der Waals surface area contributed by atoms with E-state index >= 15 is 0 Å². The van der Waals surface area contributed by atoms with Gasteiger partial charge in [-0.2, -0.15) is 5.26 Å². The number of rotatable bonds is 9. The molecule has 1 N–H and O–H groups in total. The van der Waals surface area contributed by atoms with Gasteiger partial charge in [0, 0.05) is 6.54 Å². The van der Waals surface area contributed by atoms with E-state index in [0.717, 1.165) is 35.0 Å². The Morgan fingerprint density at radius 2 is 1.90 bits per heavy atom. The third-order valence-electron chi connectivity index (χ3n) is 5.16. The number of pyridine rings is 1. The summed E-state index contributed by atoms with van der Waals surface area (Å²) in [4.78, 5) is 25.4. The molecular weight excluding hydrogens is 368 g/mol. The molecule has 0 radical (unpaired) electrons. The number of ether oxygens (including phenoxy) is 1. The molecule has 2 aromatic rings. The van der Waals surface area contributed by atoms with Gasteiger partial charge in [-0.25, -0.2) is 0 Å². The molecule has 2 rings (SSSR count). The topological polar surface area (TPSA) is 92.3 Å². The molecule has 0 bridgehead atoms. The van der Waals surface area contributed by atoms with Crippen molar-refractivity contribution in [1.29, 1.82) is 5.26 Å². The number of carbonyl (C=O) groups excluding carboxylic acids is 1. The minimum absolute atomic E-state index is 0.0273. The van der Waals surface area contributed by atoms with Crippen molar-refractivity contribution in [2.75, 3.05) is 6.61 Å². The van der Waals surface area contributed by atoms with Gasteiger partial charge in [0.05, 0.1) is 5.56 Å². The van der Waals surface area contributed by atoms with Crippen molar-refractivity contribution >= 4 is 5.78 Å². The Bertz CT molecular complexity index is 999. The summed E-state index contributed by atoms with van der Waals surface area (Å²) < 4.78 is 6.72. The highest BCUT2D eigenvalue weighted by Crippen LogP contribution is 2.24. The Kier molecular flexibility index (Phi) is 7.60. The summed E-state index contributed by atoms with van der Waals surface area (Å²) in [6.45, 7) is 7.49. The Morgan fingerprint density at radius 3 is 2.52 bits per heavy atom. The van der Waals surface area contributed by atoms with E-state index in [4.69, 9.17) is 4.74 Å². The number of nitrogens with zero attached hydrogens (tertiary/aromatic N) is 2. The predicted molar refractivity (Wildman–Crippen MR) is 112 cm³/mol. The number of nitriles is 1. The summed E-state index contributed by atoms with van der Waals surface area (Å²) in [6.07, 6.45) is 3.64. The standard InChI is InChI=1S/C23H28N2O4/c1-5-6-7-8-11-25-22(27)19(13-24)17(4)21(23(25)28)20(26)14-29-18-10-9-15(2)16(3)12-18/h9-10,12,28H,5-8,11,14H2,1-4H3. The highest BCUT2D eigenvalue weighted by molar-refractivity contribution is 6.01. The van der Waals surface area contributed by atoms with E-state index in [1.807, 2.05) is 32.0 Å². The lowest BCUT2D eigenvalue weighted by molar-refractivity contribution is 0.0916. The SMILES string of the molecule is CCCCCCn1c(O)c(C(=O)COc2ccc(C)c(C)c2)c(C)c(C#N)c1=O. The molecule has 0 amide bonds. The first kappa shape index (κ1) is 22.2. The first-order chi connectivity index (χ1) is 13.8. The average Bonchev–Trinajstić information content (AvgIpc) is 2.68. The number of aromatic nitrogens is 1. The lowest BCUT2D eigenvalue weighted by Crippen LogP contribution is -2.27. The highest BCUT2D eigenvalue weighted by Gasteiger charge is 2.24. The summed E-state index contributed by atoms with van der Waals surface area (Å²) in [6, 6.07) is 7.40. The van der Waals surface area contributed by atoms with Crippen LogP contribution in [0.3, 0.4) is 0 Å². The molecule has 29 heavy (non-hydrogen) atoms. The largest absolute Gasteiger partial charge is 0.494 e. The molecule has 0 atom stereocenters. The van der Waals surface area contributed by atoms with Gasteiger partial charge in [-0.3, -0.25) is 14.2 Å². The summed E-state index contributed by atoms with van der Waals surface area (Å²) in [5.41, 5.74) is 1.64. The van der Waals surface area contributed by atoms with Crippen molar-refractivity contribution in [1.82, 2.24) is 4.57 Å². The van der Waals surface area contributed by atoms with Crippen molar-refractivity contribution in [3.8, 4) is 17.7 Å². The molecule has 0 saturated carbocycles. The number of carbonyl (C=O) groups is 1. The van der Waals surface area contributed by atoms with Crippen molar-refractivity contribution < 1.29 is 14.6 Å². The smallest absolute Gasteiger partial charge is 0.271 e. The maximum atomic E-state index is 12.8. The van der Waals surface area contributed by atoms with Crippen LogP contribution in [0.1, 0.15) is 65.2 Å².